The smallest absolute Gasteiger partial charge is 0.133 e. The van der Waals surface area contributed by atoms with Gasteiger partial charge >= 0.3 is 0 Å². The van der Waals surface area contributed by atoms with Crippen molar-refractivity contribution in [1.29, 1.82) is 0 Å². The zero-order valence-electron chi connectivity index (χ0n) is 9.57. The normalized spacial score (nSPS) is 33.9. The van der Waals surface area contributed by atoms with Crippen molar-refractivity contribution in [2.45, 2.75) is 44.3 Å². The summed E-state index contributed by atoms with van der Waals surface area (Å²) in [5.41, 5.74) is -0.572. The second kappa shape index (κ2) is 5.34. The molecule has 1 aliphatic carbocycles. The highest BCUT2D eigenvalue weighted by Gasteiger charge is 2.42. The fourth-order valence-electron chi connectivity index (χ4n) is 2.44. The summed E-state index contributed by atoms with van der Waals surface area (Å²) in [6.45, 7) is 1.90. The predicted molar refractivity (Wildman–Crippen MR) is 61.4 cm³/mol. The van der Waals surface area contributed by atoms with Crippen LogP contribution in [0.25, 0.3) is 0 Å². The lowest BCUT2D eigenvalue weighted by atomic mass is 9.72. The van der Waals surface area contributed by atoms with Crippen LogP contribution in [0.3, 0.4) is 0 Å². The van der Waals surface area contributed by atoms with Crippen molar-refractivity contribution in [2.24, 2.45) is 5.92 Å². The van der Waals surface area contributed by atoms with Crippen LogP contribution in [0.4, 0.5) is 0 Å². The van der Waals surface area contributed by atoms with Gasteiger partial charge in [0.25, 0.3) is 0 Å². The SMILES string of the molecule is C#C[C@@]1(OC)CCCC[C@H]1[C@H](O)/C=C/C. The largest absolute Gasteiger partial charge is 0.389 e. The number of aliphatic hydroxyl groups excluding tert-OH is 1. The molecule has 0 heterocycles. The minimum Gasteiger partial charge on any atom is -0.389 e. The van der Waals surface area contributed by atoms with E-state index in [2.05, 4.69) is 5.92 Å². The van der Waals surface area contributed by atoms with Crippen LogP contribution >= 0.6 is 0 Å². The Balaban J connectivity index is 2.87. The van der Waals surface area contributed by atoms with Gasteiger partial charge in [-0.1, -0.05) is 24.5 Å². The van der Waals surface area contributed by atoms with Crippen molar-refractivity contribution < 1.29 is 9.84 Å². The van der Waals surface area contributed by atoms with Gasteiger partial charge in [0, 0.05) is 13.0 Å². The maximum Gasteiger partial charge on any atom is 0.133 e. The van der Waals surface area contributed by atoms with E-state index in [1.54, 1.807) is 13.2 Å². The molecule has 1 aliphatic rings. The summed E-state index contributed by atoms with van der Waals surface area (Å²) in [6, 6.07) is 0. The van der Waals surface area contributed by atoms with E-state index in [-0.39, 0.29) is 5.92 Å². The van der Waals surface area contributed by atoms with Crippen molar-refractivity contribution in [1.82, 2.24) is 0 Å². The number of rotatable bonds is 3. The first-order chi connectivity index (χ1) is 7.20. The Morgan fingerprint density at radius 1 is 1.60 bits per heavy atom. The number of terminal acetylenes is 1. The molecule has 0 aromatic carbocycles. The molecule has 84 valence electrons. The van der Waals surface area contributed by atoms with E-state index < -0.39 is 11.7 Å². The molecular formula is C13H20O2. The van der Waals surface area contributed by atoms with E-state index in [1.807, 2.05) is 13.0 Å². The van der Waals surface area contributed by atoms with Crippen LogP contribution in [0.5, 0.6) is 0 Å². The molecular weight excluding hydrogens is 188 g/mol. The predicted octanol–water partition coefficient (Wildman–Crippen LogP) is 2.13. The van der Waals surface area contributed by atoms with Gasteiger partial charge in [0.05, 0.1) is 6.10 Å². The maximum atomic E-state index is 10.0. The summed E-state index contributed by atoms with van der Waals surface area (Å²) in [4.78, 5) is 0. The quantitative estimate of drug-likeness (QED) is 0.568. The first-order valence-electron chi connectivity index (χ1n) is 5.54. The Kier molecular flexibility index (Phi) is 4.38. The molecule has 0 radical (unpaired) electrons. The first kappa shape index (κ1) is 12.3. The monoisotopic (exact) mass is 208 g/mol. The summed E-state index contributed by atoms with van der Waals surface area (Å²) < 4.78 is 5.48. The second-order valence-electron chi connectivity index (χ2n) is 4.11. The van der Waals surface area contributed by atoms with Gasteiger partial charge in [0.1, 0.15) is 5.60 Å². The van der Waals surface area contributed by atoms with Crippen LogP contribution in [-0.2, 0) is 4.74 Å². The highest BCUT2D eigenvalue weighted by atomic mass is 16.5. The van der Waals surface area contributed by atoms with Crippen molar-refractivity contribution in [3.63, 3.8) is 0 Å². The van der Waals surface area contributed by atoms with Gasteiger partial charge in [-0.15, -0.1) is 6.42 Å². The third kappa shape index (κ3) is 2.42. The van der Waals surface area contributed by atoms with E-state index >= 15 is 0 Å². The average Bonchev–Trinajstić information content (AvgIpc) is 2.29. The number of hydrogen-bond acceptors (Lipinski definition) is 2. The lowest BCUT2D eigenvalue weighted by Gasteiger charge is -2.40. The van der Waals surface area contributed by atoms with Gasteiger partial charge in [0.2, 0.25) is 0 Å². The molecule has 0 aromatic heterocycles. The lowest BCUT2D eigenvalue weighted by molar-refractivity contribution is -0.0706. The second-order valence-corrected chi connectivity index (χ2v) is 4.11. The van der Waals surface area contributed by atoms with E-state index in [4.69, 9.17) is 11.2 Å². The molecule has 1 saturated carbocycles. The average molecular weight is 208 g/mol. The van der Waals surface area contributed by atoms with Crippen molar-refractivity contribution in [3.05, 3.63) is 12.2 Å². The number of methoxy groups -OCH3 is 1. The van der Waals surface area contributed by atoms with Gasteiger partial charge in [-0.2, -0.15) is 0 Å². The molecule has 0 saturated heterocycles. The van der Waals surface area contributed by atoms with Gasteiger partial charge < -0.3 is 9.84 Å². The fraction of sp³-hybridized carbons (Fsp3) is 0.692. The van der Waals surface area contributed by atoms with E-state index in [0.717, 1.165) is 25.7 Å². The molecule has 0 bridgehead atoms. The van der Waals surface area contributed by atoms with E-state index in [1.165, 1.54) is 0 Å². The van der Waals surface area contributed by atoms with E-state index in [0.29, 0.717) is 0 Å². The van der Waals surface area contributed by atoms with E-state index in [9.17, 15) is 5.11 Å². The van der Waals surface area contributed by atoms with Crippen LogP contribution in [0.2, 0.25) is 0 Å². The summed E-state index contributed by atoms with van der Waals surface area (Å²) in [6.07, 6.45) is 12.7. The minimum atomic E-state index is -0.572. The van der Waals surface area contributed by atoms with Crippen molar-refractivity contribution in [2.75, 3.05) is 7.11 Å². The number of allylic oxidation sites excluding steroid dienone is 1. The molecule has 2 heteroatoms. The summed E-state index contributed by atoms with van der Waals surface area (Å²) >= 11 is 0. The molecule has 1 fully saturated rings. The lowest BCUT2D eigenvalue weighted by Crippen LogP contribution is -2.46. The number of ether oxygens (including phenoxy) is 1. The molecule has 0 unspecified atom stereocenters. The van der Waals surface area contributed by atoms with Crippen LogP contribution < -0.4 is 0 Å². The molecule has 0 amide bonds. The molecule has 3 atom stereocenters. The van der Waals surface area contributed by atoms with Gasteiger partial charge in [-0.25, -0.2) is 0 Å². The van der Waals surface area contributed by atoms with Crippen LogP contribution in [0.1, 0.15) is 32.6 Å². The topological polar surface area (TPSA) is 29.5 Å². The van der Waals surface area contributed by atoms with Crippen molar-refractivity contribution in [3.8, 4) is 12.3 Å². The Hall–Kier alpha value is -0.780. The number of hydrogen-bond donors (Lipinski definition) is 1. The molecule has 0 spiro atoms. The van der Waals surface area contributed by atoms with Gasteiger partial charge in [-0.3, -0.25) is 0 Å². The van der Waals surface area contributed by atoms with Crippen LogP contribution in [0.15, 0.2) is 12.2 Å². The molecule has 0 aliphatic heterocycles. The Morgan fingerprint density at radius 3 is 2.87 bits per heavy atom. The maximum absolute atomic E-state index is 10.0. The molecule has 2 nitrogen and oxygen atoms in total. The van der Waals surface area contributed by atoms with Gasteiger partial charge in [-0.05, 0) is 26.2 Å². The molecule has 0 aromatic rings. The Morgan fingerprint density at radius 2 is 2.33 bits per heavy atom. The van der Waals surface area contributed by atoms with Crippen molar-refractivity contribution >= 4 is 0 Å². The highest BCUT2D eigenvalue weighted by molar-refractivity contribution is 5.16. The summed E-state index contributed by atoms with van der Waals surface area (Å²) in [5, 5.41) is 10.0. The minimum absolute atomic E-state index is 0.0254. The Labute approximate surface area is 92.3 Å². The molecule has 15 heavy (non-hydrogen) atoms. The zero-order chi connectivity index (χ0) is 11.3. The third-order valence-corrected chi connectivity index (χ3v) is 3.32. The first-order valence-corrected chi connectivity index (χ1v) is 5.54. The molecule has 1 rings (SSSR count). The zero-order valence-corrected chi connectivity index (χ0v) is 9.57. The van der Waals surface area contributed by atoms with Crippen LogP contribution in [0, 0.1) is 18.3 Å². The van der Waals surface area contributed by atoms with Gasteiger partial charge in [0.15, 0.2) is 0 Å². The highest BCUT2D eigenvalue weighted by Crippen LogP contribution is 2.38. The summed E-state index contributed by atoms with van der Waals surface area (Å²) in [5.74, 6) is 2.77. The molecule has 1 N–H and O–H groups in total. The Bertz CT molecular complexity index is 264. The third-order valence-electron chi connectivity index (χ3n) is 3.32. The summed E-state index contributed by atoms with van der Waals surface area (Å²) in [7, 11) is 1.64. The number of aliphatic hydroxyl groups is 1. The standard InChI is InChI=1S/C13H20O2/c1-4-8-12(14)11-9-6-7-10-13(11,5-2)15-3/h2,4,8,11-12,14H,6-7,9-10H2,1,3H3/b8-4+/t11-,12+,13+/m0/s1. The van der Waals surface area contributed by atoms with Crippen LogP contribution in [-0.4, -0.2) is 23.9 Å². The fourth-order valence-corrected chi connectivity index (χ4v) is 2.44.